The van der Waals surface area contributed by atoms with Crippen LogP contribution in [-0.4, -0.2) is 45.8 Å². The van der Waals surface area contributed by atoms with Gasteiger partial charge in [-0.3, -0.25) is 14.6 Å². The number of amides is 2. The zero-order valence-corrected chi connectivity index (χ0v) is 16.2. The van der Waals surface area contributed by atoms with Crippen molar-refractivity contribution in [3.05, 3.63) is 30.1 Å². The Bertz CT molecular complexity index is 590. The van der Waals surface area contributed by atoms with Crippen LogP contribution in [0.4, 0.5) is 0 Å². The van der Waals surface area contributed by atoms with Crippen molar-refractivity contribution < 1.29 is 9.59 Å². The van der Waals surface area contributed by atoms with E-state index in [9.17, 15) is 9.59 Å². The summed E-state index contributed by atoms with van der Waals surface area (Å²) in [6, 6.07) is 3.81. The van der Waals surface area contributed by atoms with Crippen molar-refractivity contribution in [2.24, 2.45) is 5.92 Å². The average molecular weight is 376 g/mol. The Morgan fingerprint density at radius 3 is 2.77 bits per heavy atom. The standard InChI is InChI=1S/C20H29N3O2S/c24-19-13-17(15-23(19)14-16-7-10-21-11-8-16)20(25)22-9-4-12-26-18-5-2-1-3-6-18/h7-8,10-11,17-18H,1-6,9,12-15H2,(H,22,25). The molecule has 0 bridgehead atoms. The van der Waals surface area contributed by atoms with E-state index in [1.165, 1.54) is 32.1 Å². The number of nitrogens with zero attached hydrogens (tertiary/aromatic N) is 2. The molecule has 1 saturated carbocycles. The van der Waals surface area contributed by atoms with E-state index in [-0.39, 0.29) is 17.7 Å². The van der Waals surface area contributed by atoms with Crippen LogP contribution in [0.15, 0.2) is 24.5 Å². The molecule has 1 aromatic heterocycles. The second-order valence-corrected chi connectivity index (χ2v) is 8.71. The number of pyridine rings is 1. The molecule has 1 atom stereocenters. The molecule has 26 heavy (non-hydrogen) atoms. The van der Waals surface area contributed by atoms with Gasteiger partial charge in [-0.15, -0.1) is 0 Å². The zero-order valence-electron chi connectivity index (χ0n) is 15.4. The maximum absolute atomic E-state index is 12.3. The van der Waals surface area contributed by atoms with Gasteiger partial charge in [-0.05, 0) is 42.7 Å². The molecule has 2 aliphatic rings. The third-order valence-corrected chi connectivity index (χ3v) is 6.70. The number of hydrogen-bond acceptors (Lipinski definition) is 4. The summed E-state index contributed by atoms with van der Waals surface area (Å²) < 4.78 is 0. The van der Waals surface area contributed by atoms with Gasteiger partial charge >= 0.3 is 0 Å². The summed E-state index contributed by atoms with van der Waals surface area (Å²) in [5.41, 5.74) is 1.05. The normalized spacial score (nSPS) is 21.2. The number of carbonyl (C=O) groups is 2. The smallest absolute Gasteiger partial charge is 0.225 e. The van der Waals surface area contributed by atoms with E-state index in [1.54, 1.807) is 17.3 Å². The van der Waals surface area contributed by atoms with Crippen molar-refractivity contribution in [2.75, 3.05) is 18.8 Å². The fraction of sp³-hybridized carbons (Fsp3) is 0.650. The van der Waals surface area contributed by atoms with Crippen molar-refractivity contribution in [2.45, 2.75) is 56.7 Å². The molecule has 5 nitrogen and oxygen atoms in total. The first-order valence-corrected chi connectivity index (χ1v) is 10.8. The fourth-order valence-electron chi connectivity index (χ4n) is 3.72. The molecule has 1 aliphatic carbocycles. The van der Waals surface area contributed by atoms with Gasteiger partial charge in [-0.25, -0.2) is 0 Å². The number of nitrogens with one attached hydrogen (secondary N) is 1. The van der Waals surface area contributed by atoms with Crippen LogP contribution < -0.4 is 5.32 Å². The monoisotopic (exact) mass is 375 g/mol. The van der Waals surface area contributed by atoms with Crippen molar-refractivity contribution >= 4 is 23.6 Å². The van der Waals surface area contributed by atoms with E-state index in [2.05, 4.69) is 22.1 Å². The summed E-state index contributed by atoms with van der Waals surface area (Å²) >= 11 is 2.06. The lowest BCUT2D eigenvalue weighted by molar-refractivity contribution is -0.129. The first kappa shape index (κ1) is 19.2. The number of rotatable bonds is 8. The van der Waals surface area contributed by atoms with Crippen LogP contribution in [-0.2, 0) is 16.1 Å². The molecule has 142 valence electrons. The minimum absolute atomic E-state index is 0.0262. The number of aromatic nitrogens is 1. The molecule has 2 heterocycles. The first-order chi connectivity index (χ1) is 12.7. The first-order valence-electron chi connectivity index (χ1n) is 9.78. The minimum Gasteiger partial charge on any atom is -0.356 e. The molecule has 2 fully saturated rings. The largest absolute Gasteiger partial charge is 0.356 e. The zero-order chi connectivity index (χ0) is 18.2. The molecule has 1 N–H and O–H groups in total. The van der Waals surface area contributed by atoms with E-state index >= 15 is 0 Å². The molecule has 6 heteroatoms. The van der Waals surface area contributed by atoms with Crippen LogP contribution in [0.25, 0.3) is 0 Å². The highest BCUT2D eigenvalue weighted by molar-refractivity contribution is 7.99. The van der Waals surface area contributed by atoms with Crippen molar-refractivity contribution in [1.82, 2.24) is 15.2 Å². The van der Waals surface area contributed by atoms with Crippen molar-refractivity contribution in [1.29, 1.82) is 0 Å². The third kappa shape index (κ3) is 5.73. The lowest BCUT2D eigenvalue weighted by Crippen LogP contribution is -2.33. The van der Waals surface area contributed by atoms with Gasteiger partial charge in [0.2, 0.25) is 11.8 Å². The fourth-order valence-corrected chi connectivity index (χ4v) is 5.03. The van der Waals surface area contributed by atoms with Gasteiger partial charge in [0.1, 0.15) is 0 Å². The van der Waals surface area contributed by atoms with E-state index < -0.39 is 0 Å². The Labute approximate surface area is 160 Å². The molecular formula is C20H29N3O2S. The van der Waals surface area contributed by atoms with Gasteiger partial charge in [0.25, 0.3) is 0 Å². The Morgan fingerprint density at radius 2 is 2.00 bits per heavy atom. The number of carbonyl (C=O) groups excluding carboxylic acids is 2. The molecule has 0 aromatic carbocycles. The second-order valence-electron chi connectivity index (χ2n) is 7.31. The predicted molar refractivity (Wildman–Crippen MR) is 105 cm³/mol. The molecule has 2 amide bonds. The number of thioether (sulfide) groups is 1. The Balaban J connectivity index is 1.32. The molecular weight excluding hydrogens is 346 g/mol. The maximum atomic E-state index is 12.3. The SMILES string of the molecule is O=C(NCCCSC1CCCCC1)C1CC(=O)N(Cc2ccncc2)C1. The van der Waals surface area contributed by atoms with Gasteiger partial charge in [0.15, 0.2) is 0 Å². The van der Waals surface area contributed by atoms with E-state index in [4.69, 9.17) is 0 Å². The topological polar surface area (TPSA) is 62.3 Å². The van der Waals surface area contributed by atoms with Crippen LogP contribution in [0, 0.1) is 5.92 Å². The van der Waals surface area contributed by atoms with Gasteiger partial charge < -0.3 is 10.2 Å². The maximum Gasteiger partial charge on any atom is 0.225 e. The third-order valence-electron chi connectivity index (χ3n) is 5.23. The molecule has 0 radical (unpaired) electrons. The summed E-state index contributed by atoms with van der Waals surface area (Å²) in [4.78, 5) is 30.3. The molecule has 1 aromatic rings. The molecule has 1 unspecified atom stereocenters. The summed E-state index contributed by atoms with van der Waals surface area (Å²) in [5.74, 6) is 0.992. The predicted octanol–water partition coefficient (Wildman–Crippen LogP) is 3.00. The highest BCUT2D eigenvalue weighted by Crippen LogP contribution is 2.28. The van der Waals surface area contributed by atoms with E-state index in [0.29, 0.717) is 26.1 Å². The quantitative estimate of drug-likeness (QED) is 0.710. The Kier molecular flexibility index (Phi) is 7.35. The van der Waals surface area contributed by atoms with Gasteiger partial charge in [-0.2, -0.15) is 11.8 Å². The average Bonchev–Trinajstić information content (AvgIpc) is 3.03. The van der Waals surface area contributed by atoms with Crippen molar-refractivity contribution in [3.8, 4) is 0 Å². The van der Waals surface area contributed by atoms with Crippen LogP contribution in [0.3, 0.4) is 0 Å². The van der Waals surface area contributed by atoms with Crippen LogP contribution in [0.1, 0.15) is 50.5 Å². The second kappa shape index (κ2) is 9.95. The van der Waals surface area contributed by atoms with Gasteiger partial charge in [-0.1, -0.05) is 19.3 Å². The summed E-state index contributed by atoms with van der Waals surface area (Å²) in [5, 5.41) is 3.85. The summed E-state index contributed by atoms with van der Waals surface area (Å²) in [6.07, 6.45) is 11.6. The minimum atomic E-state index is -0.213. The van der Waals surface area contributed by atoms with Gasteiger partial charge in [0, 0.05) is 43.7 Å². The summed E-state index contributed by atoms with van der Waals surface area (Å²) in [7, 11) is 0. The molecule has 1 aliphatic heterocycles. The lowest BCUT2D eigenvalue weighted by Gasteiger charge is -2.21. The number of hydrogen-bond donors (Lipinski definition) is 1. The Morgan fingerprint density at radius 1 is 1.23 bits per heavy atom. The van der Waals surface area contributed by atoms with E-state index in [0.717, 1.165) is 23.0 Å². The Hall–Kier alpha value is -1.56. The van der Waals surface area contributed by atoms with Crippen molar-refractivity contribution in [3.63, 3.8) is 0 Å². The molecule has 1 saturated heterocycles. The number of likely N-dealkylation sites (tertiary alicyclic amines) is 1. The van der Waals surface area contributed by atoms with E-state index in [1.807, 2.05) is 12.1 Å². The highest BCUT2D eigenvalue weighted by atomic mass is 32.2. The molecule has 3 rings (SSSR count). The van der Waals surface area contributed by atoms with Gasteiger partial charge in [0.05, 0.1) is 5.92 Å². The highest BCUT2D eigenvalue weighted by Gasteiger charge is 2.33. The van der Waals surface area contributed by atoms with Crippen LogP contribution in [0.5, 0.6) is 0 Å². The van der Waals surface area contributed by atoms with Crippen LogP contribution in [0.2, 0.25) is 0 Å². The molecule has 0 spiro atoms. The van der Waals surface area contributed by atoms with Crippen LogP contribution >= 0.6 is 11.8 Å². The summed E-state index contributed by atoms with van der Waals surface area (Å²) in [6.45, 7) is 1.79. The lowest BCUT2D eigenvalue weighted by atomic mass is 10.0.